The lowest BCUT2D eigenvalue weighted by atomic mass is 10.2. The number of hydrogen-bond acceptors (Lipinski definition) is 3. The second-order valence-corrected chi connectivity index (χ2v) is 5.19. The summed E-state index contributed by atoms with van der Waals surface area (Å²) in [6.07, 6.45) is 4.47. The van der Waals surface area contributed by atoms with Gasteiger partial charge in [0.2, 0.25) is 5.91 Å². The van der Waals surface area contributed by atoms with Crippen LogP contribution < -0.4 is 5.32 Å². The van der Waals surface area contributed by atoms with Crippen molar-refractivity contribution in [3.05, 3.63) is 0 Å². The van der Waals surface area contributed by atoms with Crippen LogP contribution in [0.15, 0.2) is 0 Å². The van der Waals surface area contributed by atoms with Crippen LogP contribution in [0.4, 0.5) is 0 Å². The van der Waals surface area contributed by atoms with Gasteiger partial charge >= 0.3 is 0 Å². The van der Waals surface area contributed by atoms with Crippen LogP contribution in [0.25, 0.3) is 0 Å². The van der Waals surface area contributed by atoms with Gasteiger partial charge in [-0.3, -0.25) is 4.79 Å². The number of likely N-dealkylation sites (tertiary alicyclic amines) is 1. The van der Waals surface area contributed by atoms with Crippen molar-refractivity contribution < 1.29 is 4.79 Å². The zero-order valence-corrected chi connectivity index (χ0v) is 10.6. The average molecular weight is 230 g/mol. The number of hydrogen-bond donors (Lipinski definition) is 1. The summed E-state index contributed by atoms with van der Waals surface area (Å²) in [6.45, 7) is 5.59. The lowest BCUT2D eigenvalue weighted by Crippen LogP contribution is -2.37. The molecule has 0 spiro atoms. The van der Waals surface area contributed by atoms with Crippen LogP contribution in [0.2, 0.25) is 0 Å². The number of nitrogens with zero attached hydrogens (tertiary/aromatic N) is 1. The van der Waals surface area contributed by atoms with Crippen LogP contribution in [0.5, 0.6) is 0 Å². The van der Waals surface area contributed by atoms with E-state index in [-0.39, 0.29) is 5.91 Å². The maximum absolute atomic E-state index is 11.6. The number of carbonyl (C=O) groups excluding carboxylic acids is 1. The predicted octanol–water partition coefficient (Wildman–Crippen LogP) is 1.20. The largest absolute Gasteiger partial charge is 0.342 e. The van der Waals surface area contributed by atoms with E-state index in [0.29, 0.717) is 12.5 Å². The SMILES string of the molecule is CSCC(C)CNCC(=O)N1CCCC1. The highest BCUT2D eigenvalue weighted by molar-refractivity contribution is 7.98. The molecular weight excluding hydrogens is 208 g/mol. The molecule has 4 heteroatoms. The molecule has 1 amide bonds. The minimum absolute atomic E-state index is 0.267. The molecular formula is C11H22N2OS. The quantitative estimate of drug-likeness (QED) is 0.744. The summed E-state index contributed by atoms with van der Waals surface area (Å²) in [6, 6.07) is 0. The Morgan fingerprint density at radius 3 is 2.73 bits per heavy atom. The van der Waals surface area contributed by atoms with Gasteiger partial charge in [0, 0.05) is 13.1 Å². The highest BCUT2D eigenvalue weighted by Crippen LogP contribution is 2.07. The van der Waals surface area contributed by atoms with E-state index in [1.807, 2.05) is 16.7 Å². The lowest BCUT2D eigenvalue weighted by Gasteiger charge is -2.16. The average Bonchev–Trinajstić information content (AvgIpc) is 2.70. The van der Waals surface area contributed by atoms with Crippen molar-refractivity contribution in [1.29, 1.82) is 0 Å². The molecule has 1 saturated heterocycles. The first-order valence-electron chi connectivity index (χ1n) is 5.71. The smallest absolute Gasteiger partial charge is 0.236 e. The van der Waals surface area contributed by atoms with E-state index in [1.165, 1.54) is 12.8 Å². The first kappa shape index (κ1) is 12.8. The van der Waals surface area contributed by atoms with Crippen molar-refractivity contribution in [3.8, 4) is 0 Å². The second-order valence-electron chi connectivity index (χ2n) is 4.28. The topological polar surface area (TPSA) is 32.3 Å². The molecule has 1 unspecified atom stereocenters. The van der Waals surface area contributed by atoms with Gasteiger partial charge in [-0.15, -0.1) is 0 Å². The highest BCUT2D eigenvalue weighted by atomic mass is 32.2. The standard InChI is InChI=1S/C11H22N2OS/c1-10(9-15-2)7-12-8-11(14)13-5-3-4-6-13/h10,12H,3-9H2,1-2H3. The summed E-state index contributed by atoms with van der Waals surface area (Å²) in [5.41, 5.74) is 0. The molecule has 1 aliphatic rings. The molecule has 15 heavy (non-hydrogen) atoms. The van der Waals surface area contributed by atoms with E-state index in [0.717, 1.165) is 25.4 Å². The molecule has 0 aromatic carbocycles. The summed E-state index contributed by atoms with van der Waals surface area (Å²) in [7, 11) is 0. The number of carbonyl (C=O) groups is 1. The molecule has 0 bridgehead atoms. The summed E-state index contributed by atoms with van der Waals surface area (Å²) in [5, 5.41) is 3.24. The fourth-order valence-electron chi connectivity index (χ4n) is 1.85. The van der Waals surface area contributed by atoms with E-state index >= 15 is 0 Å². The Hall–Kier alpha value is -0.220. The van der Waals surface area contributed by atoms with Crippen LogP contribution in [0, 0.1) is 5.92 Å². The van der Waals surface area contributed by atoms with Crippen molar-refractivity contribution >= 4 is 17.7 Å². The van der Waals surface area contributed by atoms with Gasteiger partial charge in [0.05, 0.1) is 6.54 Å². The number of nitrogens with one attached hydrogen (secondary N) is 1. The monoisotopic (exact) mass is 230 g/mol. The number of amides is 1. The van der Waals surface area contributed by atoms with E-state index < -0.39 is 0 Å². The van der Waals surface area contributed by atoms with Crippen molar-refractivity contribution in [2.75, 3.05) is 38.2 Å². The molecule has 0 saturated carbocycles. The Bertz CT molecular complexity index is 193. The third kappa shape index (κ3) is 4.89. The summed E-state index contributed by atoms with van der Waals surface area (Å²) in [4.78, 5) is 13.6. The fourth-order valence-corrected chi connectivity index (χ4v) is 2.53. The second kappa shape index (κ2) is 7.12. The van der Waals surface area contributed by atoms with Crippen LogP contribution >= 0.6 is 11.8 Å². The van der Waals surface area contributed by atoms with Crippen LogP contribution in [0.3, 0.4) is 0 Å². The van der Waals surface area contributed by atoms with Crippen LogP contribution in [-0.2, 0) is 4.79 Å². The van der Waals surface area contributed by atoms with E-state index in [1.54, 1.807) is 0 Å². The number of thioether (sulfide) groups is 1. The lowest BCUT2D eigenvalue weighted by molar-refractivity contribution is -0.129. The first-order chi connectivity index (χ1) is 7.24. The molecule has 1 heterocycles. The molecule has 0 aliphatic carbocycles. The Labute approximate surface area is 97.0 Å². The minimum atomic E-state index is 0.267. The normalized spacial score (nSPS) is 18.1. The number of rotatable bonds is 6. The fraction of sp³-hybridized carbons (Fsp3) is 0.909. The Kier molecular flexibility index (Phi) is 6.10. The van der Waals surface area contributed by atoms with E-state index in [9.17, 15) is 4.79 Å². The molecule has 1 rings (SSSR count). The molecule has 0 radical (unpaired) electrons. The summed E-state index contributed by atoms with van der Waals surface area (Å²) >= 11 is 1.86. The molecule has 3 nitrogen and oxygen atoms in total. The minimum Gasteiger partial charge on any atom is -0.342 e. The van der Waals surface area contributed by atoms with E-state index in [2.05, 4.69) is 18.5 Å². The van der Waals surface area contributed by atoms with Crippen LogP contribution in [0.1, 0.15) is 19.8 Å². The van der Waals surface area contributed by atoms with Gasteiger partial charge in [-0.25, -0.2) is 0 Å². The summed E-state index contributed by atoms with van der Waals surface area (Å²) < 4.78 is 0. The molecule has 1 fully saturated rings. The third-order valence-electron chi connectivity index (χ3n) is 2.68. The van der Waals surface area contributed by atoms with Crippen molar-refractivity contribution in [2.45, 2.75) is 19.8 Å². The predicted molar refractivity (Wildman–Crippen MR) is 66.2 cm³/mol. The van der Waals surface area contributed by atoms with Gasteiger partial charge in [-0.1, -0.05) is 6.92 Å². The molecule has 0 aromatic heterocycles. The van der Waals surface area contributed by atoms with Gasteiger partial charge in [-0.2, -0.15) is 11.8 Å². The molecule has 1 atom stereocenters. The zero-order valence-electron chi connectivity index (χ0n) is 9.79. The molecule has 0 aromatic rings. The molecule has 1 aliphatic heterocycles. The zero-order chi connectivity index (χ0) is 11.1. The van der Waals surface area contributed by atoms with Crippen molar-refractivity contribution in [1.82, 2.24) is 10.2 Å². The molecule has 1 N–H and O–H groups in total. The van der Waals surface area contributed by atoms with Gasteiger partial charge in [0.15, 0.2) is 0 Å². The summed E-state index contributed by atoms with van der Waals surface area (Å²) in [5.74, 6) is 2.07. The van der Waals surface area contributed by atoms with Crippen molar-refractivity contribution in [2.24, 2.45) is 5.92 Å². The highest BCUT2D eigenvalue weighted by Gasteiger charge is 2.17. The van der Waals surface area contributed by atoms with Gasteiger partial charge in [-0.05, 0) is 37.3 Å². The maximum atomic E-state index is 11.6. The van der Waals surface area contributed by atoms with Gasteiger partial charge in [0.1, 0.15) is 0 Å². The Morgan fingerprint density at radius 2 is 2.13 bits per heavy atom. The Balaban J connectivity index is 2.06. The Morgan fingerprint density at radius 1 is 1.47 bits per heavy atom. The third-order valence-corrected chi connectivity index (χ3v) is 3.58. The van der Waals surface area contributed by atoms with E-state index in [4.69, 9.17) is 0 Å². The first-order valence-corrected chi connectivity index (χ1v) is 7.11. The van der Waals surface area contributed by atoms with Crippen molar-refractivity contribution in [3.63, 3.8) is 0 Å². The van der Waals surface area contributed by atoms with Crippen LogP contribution in [-0.4, -0.2) is 49.0 Å². The van der Waals surface area contributed by atoms with Gasteiger partial charge in [0.25, 0.3) is 0 Å². The van der Waals surface area contributed by atoms with Gasteiger partial charge < -0.3 is 10.2 Å². The maximum Gasteiger partial charge on any atom is 0.236 e. The molecule has 88 valence electrons.